The first kappa shape index (κ1) is 24.2. The van der Waals surface area contributed by atoms with E-state index in [1.807, 2.05) is 30.3 Å². The van der Waals surface area contributed by atoms with Gasteiger partial charge in [-0.1, -0.05) is 42.5 Å². The van der Waals surface area contributed by atoms with Crippen molar-refractivity contribution in [2.75, 3.05) is 5.73 Å². The summed E-state index contributed by atoms with van der Waals surface area (Å²) in [5.41, 5.74) is 11.7. The molecule has 2 rings (SSSR count). The number of nitrogens with two attached hydrogens (primary N) is 2. The van der Waals surface area contributed by atoms with Crippen LogP contribution in [0, 0.1) is 0 Å². The highest BCUT2D eigenvalue weighted by molar-refractivity contribution is 5.89. The molecule has 0 aliphatic carbocycles. The van der Waals surface area contributed by atoms with Crippen LogP contribution in [0.1, 0.15) is 44.7 Å². The maximum Gasteiger partial charge on any atom is 0.408 e. The van der Waals surface area contributed by atoms with Crippen LogP contribution in [0.15, 0.2) is 54.6 Å². The molecule has 0 bridgehead atoms. The maximum atomic E-state index is 12.6. The summed E-state index contributed by atoms with van der Waals surface area (Å²) in [6.07, 6.45) is -0.529. The zero-order valence-corrected chi connectivity index (χ0v) is 18.4. The van der Waals surface area contributed by atoms with E-state index < -0.39 is 29.2 Å². The largest absolute Gasteiger partial charge is 0.444 e. The van der Waals surface area contributed by atoms with Crippen molar-refractivity contribution >= 4 is 17.7 Å². The smallest absolute Gasteiger partial charge is 0.408 e. The topological polar surface area (TPSA) is 128 Å². The predicted molar refractivity (Wildman–Crippen MR) is 121 cm³/mol. The fourth-order valence-corrected chi connectivity index (χ4v) is 3.38. The number of amides is 2. The van der Waals surface area contributed by atoms with Gasteiger partial charge in [-0.2, -0.15) is 0 Å². The van der Waals surface area contributed by atoms with Crippen molar-refractivity contribution in [1.29, 1.82) is 0 Å². The third kappa shape index (κ3) is 7.94. The second-order valence-corrected chi connectivity index (χ2v) is 8.87. The molecule has 6 N–H and O–H groups in total. The molecule has 2 aromatic rings. The molecule has 0 saturated carbocycles. The van der Waals surface area contributed by atoms with E-state index in [-0.39, 0.29) is 12.8 Å². The van der Waals surface area contributed by atoms with Crippen LogP contribution >= 0.6 is 0 Å². The molecule has 0 aliphatic heterocycles. The molecule has 0 aliphatic rings. The van der Waals surface area contributed by atoms with Crippen LogP contribution in [0.25, 0.3) is 0 Å². The number of aliphatic hydroxyl groups excluding tert-OH is 1. The van der Waals surface area contributed by atoms with Gasteiger partial charge in [-0.25, -0.2) is 4.79 Å². The van der Waals surface area contributed by atoms with Gasteiger partial charge in [0, 0.05) is 18.5 Å². The zero-order valence-electron chi connectivity index (χ0n) is 18.4. The van der Waals surface area contributed by atoms with E-state index in [2.05, 4.69) is 5.32 Å². The van der Waals surface area contributed by atoms with Crippen LogP contribution < -0.4 is 16.8 Å². The average molecular weight is 428 g/mol. The molecule has 7 nitrogen and oxygen atoms in total. The van der Waals surface area contributed by atoms with Crippen molar-refractivity contribution < 1.29 is 19.4 Å². The summed E-state index contributed by atoms with van der Waals surface area (Å²) in [5.74, 6) is -0.742. The number of rotatable bonds is 9. The summed E-state index contributed by atoms with van der Waals surface area (Å²) in [5, 5.41) is 13.4. The lowest BCUT2D eigenvalue weighted by Crippen LogP contribution is -2.61. The summed E-state index contributed by atoms with van der Waals surface area (Å²) in [7, 11) is 0. The average Bonchev–Trinajstić information content (AvgIpc) is 2.67. The number of carbonyl (C=O) groups excluding carboxylic acids is 2. The fourth-order valence-electron chi connectivity index (χ4n) is 3.38. The lowest BCUT2D eigenvalue weighted by molar-refractivity contribution is -0.126. The lowest BCUT2D eigenvalue weighted by Gasteiger charge is -2.34. The number of hydrogen-bond acceptors (Lipinski definition) is 5. The number of anilines is 1. The maximum absolute atomic E-state index is 12.6. The highest BCUT2D eigenvalue weighted by Gasteiger charge is 2.41. The third-order valence-corrected chi connectivity index (χ3v) is 4.89. The summed E-state index contributed by atoms with van der Waals surface area (Å²) in [6, 6.07) is 16.7. The molecule has 0 fully saturated rings. The fraction of sp³-hybridized carbons (Fsp3) is 0.417. The van der Waals surface area contributed by atoms with Crippen LogP contribution in [0.2, 0.25) is 0 Å². The van der Waals surface area contributed by atoms with Gasteiger partial charge in [0.05, 0.1) is 6.10 Å². The van der Waals surface area contributed by atoms with Crippen molar-refractivity contribution in [3.05, 3.63) is 65.7 Å². The first-order chi connectivity index (χ1) is 14.5. The Labute approximate surface area is 183 Å². The number of hydrogen-bond donors (Lipinski definition) is 4. The molecule has 7 heteroatoms. The Morgan fingerprint density at radius 3 is 2.19 bits per heavy atom. The quantitative estimate of drug-likeness (QED) is 0.458. The van der Waals surface area contributed by atoms with Crippen LogP contribution in [0.3, 0.4) is 0 Å². The lowest BCUT2D eigenvalue weighted by atomic mass is 9.83. The Balaban J connectivity index is 2.23. The minimum atomic E-state index is -1.52. The molecule has 168 valence electrons. The molecule has 0 heterocycles. The second kappa shape index (κ2) is 10.3. The monoisotopic (exact) mass is 427 g/mol. The first-order valence-corrected chi connectivity index (χ1v) is 10.4. The standard InChI is InChI=1S/C24H33N3O4/c1-23(2,3)31-22(30)27-24(21(26)29,15-18-9-12-19(25)13-10-18)16-20(28)14-11-17-7-5-4-6-8-17/h4-10,12-13,20,28H,11,14-16,25H2,1-3H3,(H2,26,29)(H,27,30)/t20-,24+/m0/s1. The number of nitrogens with one attached hydrogen (secondary N) is 1. The van der Waals surface area contributed by atoms with Crippen LogP contribution in [0.4, 0.5) is 10.5 Å². The van der Waals surface area contributed by atoms with Crippen LogP contribution in [-0.4, -0.2) is 34.4 Å². The number of aliphatic hydroxyl groups is 1. The molecule has 2 aromatic carbocycles. The molecule has 2 amide bonds. The first-order valence-electron chi connectivity index (χ1n) is 10.4. The Kier molecular flexibility index (Phi) is 8.05. The normalized spacial score (nSPS) is 14.3. The molecule has 0 aromatic heterocycles. The van der Waals surface area contributed by atoms with Gasteiger partial charge >= 0.3 is 6.09 Å². The van der Waals surface area contributed by atoms with Crippen molar-refractivity contribution in [2.24, 2.45) is 5.73 Å². The molecule has 0 saturated heterocycles. The number of ether oxygens (including phenoxy) is 1. The predicted octanol–water partition coefficient (Wildman–Crippen LogP) is 2.94. The Bertz CT molecular complexity index is 863. The van der Waals surface area contributed by atoms with E-state index in [9.17, 15) is 14.7 Å². The number of carbonyl (C=O) groups is 2. The number of alkyl carbamates (subject to hydrolysis) is 1. The zero-order chi connectivity index (χ0) is 23.1. The molecule has 0 radical (unpaired) electrons. The van der Waals surface area contributed by atoms with Crippen LogP contribution in [-0.2, 0) is 22.4 Å². The number of aryl methyl sites for hydroxylation is 1. The molecule has 0 unspecified atom stereocenters. The minimum absolute atomic E-state index is 0.0429. The second-order valence-electron chi connectivity index (χ2n) is 8.87. The van der Waals surface area contributed by atoms with Gasteiger partial charge in [-0.15, -0.1) is 0 Å². The Morgan fingerprint density at radius 1 is 1.03 bits per heavy atom. The van der Waals surface area contributed by atoms with E-state index in [1.165, 1.54) is 0 Å². The molecule has 31 heavy (non-hydrogen) atoms. The summed E-state index contributed by atoms with van der Waals surface area (Å²) >= 11 is 0. The third-order valence-electron chi connectivity index (χ3n) is 4.89. The Morgan fingerprint density at radius 2 is 1.65 bits per heavy atom. The highest BCUT2D eigenvalue weighted by atomic mass is 16.6. The van der Waals surface area contributed by atoms with E-state index >= 15 is 0 Å². The summed E-state index contributed by atoms with van der Waals surface area (Å²) in [6.45, 7) is 5.19. The van der Waals surface area contributed by atoms with Crippen molar-refractivity contribution in [2.45, 2.75) is 63.7 Å². The number of benzene rings is 2. The van der Waals surface area contributed by atoms with Gasteiger partial charge in [0.1, 0.15) is 11.1 Å². The minimum Gasteiger partial charge on any atom is -0.444 e. The molecular formula is C24H33N3O4. The van der Waals surface area contributed by atoms with Gasteiger partial charge in [-0.05, 0) is 56.9 Å². The van der Waals surface area contributed by atoms with Gasteiger partial charge in [0.15, 0.2) is 0 Å². The van der Waals surface area contributed by atoms with Gasteiger partial charge in [-0.3, -0.25) is 4.79 Å². The van der Waals surface area contributed by atoms with Gasteiger partial charge in [0.2, 0.25) is 5.91 Å². The van der Waals surface area contributed by atoms with Crippen molar-refractivity contribution in [1.82, 2.24) is 5.32 Å². The van der Waals surface area contributed by atoms with E-state index in [0.717, 1.165) is 11.1 Å². The summed E-state index contributed by atoms with van der Waals surface area (Å²) < 4.78 is 5.35. The van der Waals surface area contributed by atoms with E-state index in [0.29, 0.717) is 18.5 Å². The van der Waals surface area contributed by atoms with Gasteiger partial charge in [0.25, 0.3) is 0 Å². The van der Waals surface area contributed by atoms with Crippen LogP contribution in [0.5, 0.6) is 0 Å². The number of nitrogen functional groups attached to an aromatic ring is 1. The molecular weight excluding hydrogens is 394 g/mol. The van der Waals surface area contributed by atoms with E-state index in [1.54, 1.807) is 45.0 Å². The van der Waals surface area contributed by atoms with Crippen molar-refractivity contribution in [3.8, 4) is 0 Å². The molecule has 2 atom stereocenters. The molecule has 0 spiro atoms. The van der Waals surface area contributed by atoms with Gasteiger partial charge < -0.3 is 26.6 Å². The number of primary amides is 1. The highest BCUT2D eigenvalue weighted by Crippen LogP contribution is 2.24. The SMILES string of the molecule is CC(C)(C)OC(=O)N[C@](Cc1ccc(N)cc1)(C[C@@H](O)CCc1ccccc1)C(N)=O. The Hall–Kier alpha value is -3.06. The van der Waals surface area contributed by atoms with E-state index in [4.69, 9.17) is 16.2 Å². The summed E-state index contributed by atoms with van der Waals surface area (Å²) in [4.78, 5) is 25.2. The van der Waals surface area contributed by atoms with Crippen molar-refractivity contribution in [3.63, 3.8) is 0 Å².